The van der Waals surface area contributed by atoms with E-state index in [-0.39, 0.29) is 29.6 Å². The predicted octanol–water partition coefficient (Wildman–Crippen LogP) is 1.37. The summed E-state index contributed by atoms with van der Waals surface area (Å²) in [6.45, 7) is 3.29. The summed E-state index contributed by atoms with van der Waals surface area (Å²) in [5, 5.41) is 0. The molecule has 0 radical (unpaired) electrons. The SMILES string of the molecule is C[C@@H](C(=O)N1CCC(C(N)=O)CC1)N(C)Cc1ccccc1F. The van der Waals surface area contributed by atoms with Crippen LogP contribution >= 0.6 is 0 Å². The minimum absolute atomic E-state index is 0.00626. The van der Waals surface area contributed by atoms with Crippen molar-refractivity contribution < 1.29 is 14.0 Å². The molecule has 1 aliphatic rings. The largest absolute Gasteiger partial charge is 0.369 e. The Hall–Kier alpha value is -1.95. The maximum absolute atomic E-state index is 13.7. The Balaban J connectivity index is 1.92. The average molecular weight is 321 g/mol. The monoisotopic (exact) mass is 321 g/mol. The quantitative estimate of drug-likeness (QED) is 0.891. The number of likely N-dealkylation sites (N-methyl/N-ethyl adjacent to an activating group) is 1. The van der Waals surface area contributed by atoms with Crippen LogP contribution in [0.2, 0.25) is 0 Å². The zero-order chi connectivity index (χ0) is 17.0. The van der Waals surface area contributed by atoms with E-state index in [2.05, 4.69) is 0 Å². The maximum atomic E-state index is 13.7. The number of primary amides is 1. The molecule has 1 aliphatic heterocycles. The first-order valence-corrected chi connectivity index (χ1v) is 7.92. The standard InChI is InChI=1S/C17H24FN3O2/c1-12(20(2)11-14-5-3-4-6-15(14)18)17(23)21-9-7-13(8-10-21)16(19)22/h3-6,12-13H,7-11H2,1-2H3,(H2,19,22)/t12-/m0/s1. The van der Waals surface area contributed by atoms with Crippen molar-refractivity contribution in [3.8, 4) is 0 Å². The molecular weight excluding hydrogens is 297 g/mol. The van der Waals surface area contributed by atoms with Crippen LogP contribution in [0, 0.1) is 11.7 Å². The van der Waals surface area contributed by atoms with Gasteiger partial charge in [0.25, 0.3) is 0 Å². The predicted molar refractivity (Wildman–Crippen MR) is 85.8 cm³/mol. The first-order valence-electron chi connectivity index (χ1n) is 7.92. The topological polar surface area (TPSA) is 66.6 Å². The van der Waals surface area contributed by atoms with Crippen LogP contribution in [0.1, 0.15) is 25.3 Å². The summed E-state index contributed by atoms with van der Waals surface area (Å²) in [7, 11) is 1.81. The number of nitrogens with two attached hydrogens (primary N) is 1. The van der Waals surface area contributed by atoms with Gasteiger partial charge in [0.2, 0.25) is 11.8 Å². The first kappa shape index (κ1) is 17.4. The van der Waals surface area contributed by atoms with E-state index in [0.29, 0.717) is 38.0 Å². The summed E-state index contributed by atoms with van der Waals surface area (Å²) in [6.07, 6.45) is 1.23. The summed E-state index contributed by atoms with van der Waals surface area (Å²) >= 11 is 0. The lowest BCUT2D eigenvalue weighted by Gasteiger charge is -2.34. The normalized spacial score (nSPS) is 17.3. The zero-order valence-corrected chi connectivity index (χ0v) is 13.7. The van der Waals surface area contributed by atoms with Gasteiger partial charge in [-0.3, -0.25) is 14.5 Å². The van der Waals surface area contributed by atoms with Gasteiger partial charge in [0.15, 0.2) is 0 Å². The van der Waals surface area contributed by atoms with Gasteiger partial charge in [-0.25, -0.2) is 4.39 Å². The molecule has 2 rings (SSSR count). The molecule has 1 aromatic carbocycles. The minimum atomic E-state index is -0.347. The number of piperidine rings is 1. The van der Waals surface area contributed by atoms with Crippen LogP contribution in [-0.4, -0.2) is 47.8 Å². The molecule has 0 saturated carbocycles. The molecule has 0 spiro atoms. The fourth-order valence-electron chi connectivity index (χ4n) is 2.87. The number of carbonyl (C=O) groups excluding carboxylic acids is 2. The van der Waals surface area contributed by atoms with Crippen LogP contribution in [0.15, 0.2) is 24.3 Å². The lowest BCUT2D eigenvalue weighted by molar-refractivity contribution is -0.139. The number of hydrogen-bond donors (Lipinski definition) is 1. The molecule has 1 fully saturated rings. The molecule has 6 heteroatoms. The Kier molecular flexibility index (Phi) is 5.71. The third-order valence-corrected chi connectivity index (χ3v) is 4.61. The number of nitrogens with zero attached hydrogens (tertiary/aromatic N) is 2. The van der Waals surface area contributed by atoms with Crippen molar-refractivity contribution in [2.24, 2.45) is 11.7 Å². The smallest absolute Gasteiger partial charge is 0.239 e. The van der Waals surface area contributed by atoms with E-state index in [0.717, 1.165) is 0 Å². The van der Waals surface area contributed by atoms with Crippen LogP contribution in [0.3, 0.4) is 0 Å². The van der Waals surface area contributed by atoms with Crippen molar-refractivity contribution in [2.75, 3.05) is 20.1 Å². The van der Waals surface area contributed by atoms with Gasteiger partial charge in [-0.15, -0.1) is 0 Å². The van der Waals surface area contributed by atoms with E-state index in [4.69, 9.17) is 5.73 Å². The highest BCUT2D eigenvalue weighted by Crippen LogP contribution is 2.19. The van der Waals surface area contributed by atoms with Gasteiger partial charge >= 0.3 is 0 Å². The van der Waals surface area contributed by atoms with Crippen molar-refractivity contribution in [1.29, 1.82) is 0 Å². The van der Waals surface area contributed by atoms with Gasteiger partial charge in [-0.2, -0.15) is 0 Å². The second kappa shape index (κ2) is 7.55. The third-order valence-electron chi connectivity index (χ3n) is 4.61. The number of rotatable bonds is 5. The highest BCUT2D eigenvalue weighted by atomic mass is 19.1. The molecule has 0 bridgehead atoms. The first-order chi connectivity index (χ1) is 10.9. The van der Waals surface area contributed by atoms with Gasteiger partial charge < -0.3 is 10.6 Å². The highest BCUT2D eigenvalue weighted by Gasteiger charge is 2.29. The van der Waals surface area contributed by atoms with Crippen molar-refractivity contribution >= 4 is 11.8 Å². The molecule has 1 saturated heterocycles. The molecule has 1 aromatic rings. The summed E-state index contributed by atoms with van der Waals surface area (Å²) in [6, 6.07) is 6.23. The molecular formula is C17H24FN3O2. The lowest BCUT2D eigenvalue weighted by atomic mass is 9.96. The van der Waals surface area contributed by atoms with E-state index >= 15 is 0 Å². The molecule has 126 valence electrons. The van der Waals surface area contributed by atoms with Crippen molar-refractivity contribution in [2.45, 2.75) is 32.4 Å². The van der Waals surface area contributed by atoms with Crippen LogP contribution in [0.4, 0.5) is 4.39 Å². The van der Waals surface area contributed by atoms with Crippen LogP contribution < -0.4 is 5.73 Å². The third kappa shape index (κ3) is 4.28. The Morgan fingerprint density at radius 3 is 2.52 bits per heavy atom. The second-order valence-corrected chi connectivity index (χ2v) is 6.18. The molecule has 0 aliphatic carbocycles. The Morgan fingerprint density at radius 1 is 1.35 bits per heavy atom. The molecule has 0 unspecified atom stereocenters. The Morgan fingerprint density at radius 2 is 1.96 bits per heavy atom. The van der Waals surface area contributed by atoms with Crippen LogP contribution in [0.25, 0.3) is 0 Å². The number of hydrogen-bond acceptors (Lipinski definition) is 3. The van der Waals surface area contributed by atoms with Gasteiger partial charge in [0.05, 0.1) is 6.04 Å². The number of halogens is 1. The highest BCUT2D eigenvalue weighted by molar-refractivity contribution is 5.82. The van der Waals surface area contributed by atoms with Crippen LogP contribution in [-0.2, 0) is 16.1 Å². The number of benzene rings is 1. The number of amides is 2. The van der Waals surface area contributed by atoms with Gasteiger partial charge in [-0.1, -0.05) is 18.2 Å². The van der Waals surface area contributed by atoms with Crippen molar-refractivity contribution in [3.05, 3.63) is 35.6 Å². The molecule has 5 nitrogen and oxygen atoms in total. The Bertz CT molecular complexity index is 571. The molecule has 2 N–H and O–H groups in total. The number of likely N-dealkylation sites (tertiary alicyclic amines) is 1. The molecule has 23 heavy (non-hydrogen) atoms. The zero-order valence-electron chi connectivity index (χ0n) is 13.7. The van der Waals surface area contributed by atoms with Gasteiger partial charge in [0, 0.05) is 31.1 Å². The summed E-state index contributed by atoms with van der Waals surface area (Å²) < 4.78 is 13.7. The summed E-state index contributed by atoms with van der Waals surface area (Å²) in [5.74, 6) is -0.680. The van der Waals surface area contributed by atoms with Crippen molar-refractivity contribution in [1.82, 2.24) is 9.80 Å². The molecule has 0 aromatic heterocycles. The molecule has 1 atom stereocenters. The Labute approximate surface area is 136 Å². The lowest BCUT2D eigenvalue weighted by Crippen LogP contribution is -2.49. The van der Waals surface area contributed by atoms with E-state index in [1.165, 1.54) is 6.07 Å². The average Bonchev–Trinajstić information content (AvgIpc) is 2.55. The van der Waals surface area contributed by atoms with E-state index in [9.17, 15) is 14.0 Å². The summed E-state index contributed by atoms with van der Waals surface area (Å²) in [4.78, 5) is 27.3. The number of carbonyl (C=O) groups is 2. The van der Waals surface area contributed by atoms with E-state index in [1.807, 2.05) is 18.9 Å². The van der Waals surface area contributed by atoms with E-state index < -0.39 is 0 Å². The van der Waals surface area contributed by atoms with Gasteiger partial charge in [-0.05, 0) is 32.9 Å². The van der Waals surface area contributed by atoms with Gasteiger partial charge in [0.1, 0.15) is 5.82 Å². The maximum Gasteiger partial charge on any atom is 0.239 e. The summed E-state index contributed by atoms with van der Waals surface area (Å²) in [5.41, 5.74) is 5.88. The molecule has 1 heterocycles. The minimum Gasteiger partial charge on any atom is -0.369 e. The second-order valence-electron chi connectivity index (χ2n) is 6.18. The fourth-order valence-corrected chi connectivity index (χ4v) is 2.87. The fraction of sp³-hybridized carbons (Fsp3) is 0.529. The van der Waals surface area contributed by atoms with Crippen LogP contribution in [0.5, 0.6) is 0 Å². The van der Waals surface area contributed by atoms with Crippen molar-refractivity contribution in [3.63, 3.8) is 0 Å². The van der Waals surface area contributed by atoms with E-state index in [1.54, 1.807) is 23.1 Å². The molecule has 2 amide bonds.